The first-order valence-electron chi connectivity index (χ1n) is 13.7. The summed E-state index contributed by atoms with van der Waals surface area (Å²) in [7, 11) is 4.03. The van der Waals surface area contributed by atoms with Crippen LogP contribution in [0, 0.1) is 22.7 Å². The maximum absolute atomic E-state index is 11.5. The molecule has 2 N–H and O–H groups in total. The van der Waals surface area contributed by atoms with E-state index in [1.54, 1.807) is 0 Å². The van der Waals surface area contributed by atoms with Crippen LogP contribution >= 0.6 is 0 Å². The zero-order valence-corrected chi connectivity index (χ0v) is 21.4. The normalized spacial score (nSPS) is 48.1. The van der Waals surface area contributed by atoms with Crippen molar-refractivity contribution in [3.05, 3.63) is 59.8 Å². The lowest BCUT2D eigenvalue weighted by Crippen LogP contribution is -2.67. The SMILES string of the molecule is CN(C)C1CC23CCC4(O2)C(=CCC2(C)C(c5ccc6ncccc6c5)=CCC24)C2CC23C(O)C1O. The molecule has 3 heterocycles. The monoisotopic (exact) mass is 484 g/mol. The van der Waals surface area contributed by atoms with Crippen LogP contribution in [0.1, 0.15) is 51.0 Å². The van der Waals surface area contributed by atoms with Crippen LogP contribution in [0.4, 0.5) is 0 Å². The summed E-state index contributed by atoms with van der Waals surface area (Å²) in [6.45, 7) is 2.46. The molecule has 4 fully saturated rings. The Labute approximate surface area is 212 Å². The molecule has 1 aromatic heterocycles. The van der Waals surface area contributed by atoms with Gasteiger partial charge < -0.3 is 19.8 Å². The van der Waals surface area contributed by atoms with Gasteiger partial charge in [-0.1, -0.05) is 31.2 Å². The second kappa shape index (κ2) is 6.68. The minimum absolute atomic E-state index is 0.0214. The van der Waals surface area contributed by atoms with Gasteiger partial charge in [0.05, 0.1) is 28.9 Å². The summed E-state index contributed by atoms with van der Waals surface area (Å²) in [6, 6.07) is 10.8. The lowest BCUT2D eigenvalue weighted by molar-refractivity contribution is -0.248. The van der Waals surface area contributed by atoms with Gasteiger partial charge in [-0.2, -0.15) is 0 Å². The molecule has 2 aromatic rings. The van der Waals surface area contributed by atoms with Crippen molar-refractivity contribution in [2.45, 2.75) is 74.9 Å². The number of likely N-dealkylation sites (N-methyl/N-ethyl adjacent to an activating group) is 1. The molecule has 8 rings (SSSR count). The zero-order chi connectivity index (χ0) is 24.7. The summed E-state index contributed by atoms with van der Waals surface area (Å²) in [6.07, 6.45) is 11.2. The number of rotatable bonds is 2. The average molecular weight is 485 g/mol. The van der Waals surface area contributed by atoms with Crippen molar-refractivity contribution in [2.24, 2.45) is 22.7 Å². The van der Waals surface area contributed by atoms with E-state index in [0.29, 0.717) is 11.8 Å². The Morgan fingerprint density at radius 2 is 1.94 bits per heavy atom. The van der Waals surface area contributed by atoms with Gasteiger partial charge >= 0.3 is 0 Å². The number of hydrogen-bond donors (Lipinski definition) is 2. The number of hydrogen-bond acceptors (Lipinski definition) is 5. The number of nitrogens with zero attached hydrogens (tertiary/aromatic N) is 2. The fourth-order valence-electron chi connectivity index (χ4n) is 9.87. The van der Waals surface area contributed by atoms with Crippen molar-refractivity contribution in [3.8, 4) is 0 Å². The van der Waals surface area contributed by atoms with Crippen LogP contribution in [-0.2, 0) is 4.74 Å². The number of aromatic nitrogens is 1. The van der Waals surface area contributed by atoms with Crippen molar-refractivity contribution in [3.63, 3.8) is 0 Å². The van der Waals surface area contributed by atoms with Gasteiger partial charge in [0.1, 0.15) is 0 Å². The molecule has 2 saturated heterocycles. The topological polar surface area (TPSA) is 65.8 Å². The number of pyridine rings is 1. The first-order valence-corrected chi connectivity index (χ1v) is 13.7. The van der Waals surface area contributed by atoms with E-state index in [9.17, 15) is 10.2 Å². The third-order valence-corrected chi connectivity index (χ3v) is 11.6. The number of fused-ring (bicyclic) bond motifs is 3. The van der Waals surface area contributed by atoms with Crippen LogP contribution in [0.15, 0.2) is 54.3 Å². The summed E-state index contributed by atoms with van der Waals surface area (Å²) in [5.74, 6) is 0.756. The first-order chi connectivity index (χ1) is 17.3. The fraction of sp³-hybridized carbons (Fsp3) is 0.581. The van der Waals surface area contributed by atoms with Crippen molar-refractivity contribution in [1.29, 1.82) is 0 Å². The largest absolute Gasteiger partial charge is 0.390 e. The van der Waals surface area contributed by atoms with E-state index in [4.69, 9.17) is 4.74 Å². The van der Waals surface area contributed by atoms with Gasteiger partial charge in [-0.05, 0) is 93.4 Å². The molecule has 36 heavy (non-hydrogen) atoms. The van der Waals surface area contributed by atoms with E-state index in [-0.39, 0.29) is 28.1 Å². The smallest absolute Gasteiger partial charge is 0.0961 e. The predicted molar refractivity (Wildman–Crippen MR) is 139 cm³/mol. The molecule has 2 bridgehead atoms. The molecule has 3 spiro atoms. The van der Waals surface area contributed by atoms with Gasteiger partial charge in [-0.3, -0.25) is 4.98 Å². The number of aliphatic hydroxyl groups excluding tert-OH is 2. The van der Waals surface area contributed by atoms with Gasteiger partial charge in [-0.25, -0.2) is 0 Å². The van der Waals surface area contributed by atoms with Gasteiger partial charge in [0.2, 0.25) is 0 Å². The molecule has 6 aliphatic rings. The predicted octanol–water partition coefficient (Wildman–Crippen LogP) is 4.34. The Balaban J connectivity index is 1.21. The zero-order valence-electron chi connectivity index (χ0n) is 21.4. The molecule has 0 radical (unpaired) electrons. The summed E-state index contributed by atoms with van der Waals surface area (Å²) < 4.78 is 7.45. The van der Waals surface area contributed by atoms with Gasteiger partial charge in [0.15, 0.2) is 0 Å². The number of allylic oxidation sites excluding steroid dienone is 3. The molecule has 188 valence electrons. The van der Waals surface area contributed by atoms with Crippen molar-refractivity contribution < 1.29 is 14.9 Å². The Kier molecular flexibility index (Phi) is 4.08. The minimum atomic E-state index is -0.725. The maximum atomic E-state index is 11.5. The Morgan fingerprint density at radius 3 is 2.78 bits per heavy atom. The van der Waals surface area contributed by atoms with E-state index in [1.807, 2.05) is 26.4 Å². The van der Waals surface area contributed by atoms with E-state index in [0.717, 1.165) is 44.0 Å². The molecule has 2 aliphatic heterocycles. The lowest BCUT2D eigenvalue weighted by atomic mass is 9.57. The standard InChI is InChI=1S/C31H36N2O3/c1-28-11-10-21-22-16-30(22)27(35)26(34)24(33(2)3)17-29(30)12-13-31(21,36-29)25(28)9-7-20(28)18-6-8-23-19(15-18)5-4-14-32-23/h4-8,10,14-15,22,24-27,34-35H,9,11-13,16-17H2,1-3H3. The van der Waals surface area contributed by atoms with E-state index >= 15 is 0 Å². The summed E-state index contributed by atoms with van der Waals surface area (Å²) in [5.41, 5.74) is 4.38. The van der Waals surface area contributed by atoms with E-state index in [2.05, 4.69) is 53.2 Å². The van der Waals surface area contributed by atoms with Crippen molar-refractivity contribution >= 4 is 16.5 Å². The Hall–Kier alpha value is -2.05. The fourth-order valence-corrected chi connectivity index (χ4v) is 9.87. The third kappa shape index (κ3) is 2.32. The second-order valence-electron chi connectivity index (χ2n) is 13.1. The summed E-state index contributed by atoms with van der Waals surface area (Å²) >= 11 is 0. The van der Waals surface area contributed by atoms with Gasteiger partial charge in [0.25, 0.3) is 0 Å². The molecule has 0 amide bonds. The molecule has 9 unspecified atom stereocenters. The lowest BCUT2D eigenvalue weighted by Gasteiger charge is -2.59. The van der Waals surface area contributed by atoms with E-state index < -0.39 is 12.2 Å². The quantitative estimate of drug-likeness (QED) is 0.621. The molecule has 5 nitrogen and oxygen atoms in total. The summed E-state index contributed by atoms with van der Waals surface area (Å²) in [5, 5.41) is 23.8. The number of benzene rings is 1. The highest BCUT2D eigenvalue weighted by atomic mass is 16.5. The average Bonchev–Trinajstić information content (AvgIpc) is 3.40. The third-order valence-electron chi connectivity index (χ3n) is 11.6. The molecule has 2 saturated carbocycles. The van der Waals surface area contributed by atoms with Crippen LogP contribution in [0.5, 0.6) is 0 Å². The molecular formula is C31H36N2O3. The van der Waals surface area contributed by atoms with Crippen molar-refractivity contribution in [2.75, 3.05) is 14.1 Å². The van der Waals surface area contributed by atoms with Crippen LogP contribution < -0.4 is 0 Å². The number of ether oxygens (including phenoxy) is 1. The number of aliphatic hydroxyl groups is 2. The van der Waals surface area contributed by atoms with E-state index in [1.165, 1.54) is 22.1 Å². The van der Waals surface area contributed by atoms with Crippen LogP contribution in [0.25, 0.3) is 16.5 Å². The first kappa shape index (κ1) is 22.0. The molecular weight excluding hydrogens is 448 g/mol. The Morgan fingerprint density at radius 1 is 1.08 bits per heavy atom. The molecule has 1 aromatic carbocycles. The van der Waals surface area contributed by atoms with Crippen LogP contribution in [0.3, 0.4) is 0 Å². The van der Waals surface area contributed by atoms with Gasteiger partial charge in [0, 0.05) is 34.4 Å². The second-order valence-corrected chi connectivity index (χ2v) is 13.1. The van der Waals surface area contributed by atoms with Crippen LogP contribution in [0.2, 0.25) is 0 Å². The maximum Gasteiger partial charge on any atom is 0.0961 e. The Bertz CT molecular complexity index is 1370. The summed E-state index contributed by atoms with van der Waals surface area (Å²) in [4.78, 5) is 6.61. The highest BCUT2D eigenvalue weighted by molar-refractivity contribution is 5.85. The minimum Gasteiger partial charge on any atom is -0.390 e. The van der Waals surface area contributed by atoms with Gasteiger partial charge in [-0.15, -0.1) is 0 Å². The van der Waals surface area contributed by atoms with Crippen molar-refractivity contribution in [1.82, 2.24) is 9.88 Å². The van der Waals surface area contributed by atoms with Crippen LogP contribution in [-0.4, -0.2) is 63.6 Å². The highest BCUT2D eigenvalue weighted by Gasteiger charge is 2.84. The molecule has 5 heteroatoms. The highest BCUT2D eigenvalue weighted by Crippen LogP contribution is 2.81. The molecule has 4 aliphatic carbocycles. The molecule has 9 atom stereocenters.